The number of aliphatic hydroxyl groups excluding tert-OH is 2. The highest BCUT2D eigenvalue weighted by Gasteiger charge is 2.69. The number of aliphatic imine (C=N–C) groups is 1. The van der Waals surface area contributed by atoms with Crippen LogP contribution in [0, 0.1) is 112 Å². The summed E-state index contributed by atoms with van der Waals surface area (Å²) in [6.45, 7) is 3.19. The van der Waals surface area contributed by atoms with Gasteiger partial charge in [0.05, 0.1) is 18.9 Å². The van der Waals surface area contributed by atoms with Crippen LogP contribution in [0.5, 0.6) is 23.0 Å². The standard InChI is InChI=1S/C69H92N4O9/c1-5-42-14-20-50-51(12-9-28-74)53-13-7-26-68(53)49-33-57(73-64(71-3)72-27-8-11-48-10-6-25-67(48,61(77)23-21-54(68)52(50)30-42)35-43-15-22-58(76)59(31-43)79-4)63-60(34-49)81-66(41-70-2)37-56-44(24-29-80-63)16-18-46-36-65(56,39-66)40-69(78)55(46)32-45-17-19-47(38-75)62(45)82-69/h15,21-23,31,33-34,42,44-48,50-56,62,70,74-76,78H,5-7,9-14,16-20,25-26,28,30,32,35-41H2,1-4H3,(H2,71,72,73)/b23-21+/t42-,44-,45+,46-,47+,48-,50+,51-,52+,53+,54+,55+,56-,62+,65-,66-,67+,68-,69+/m0/s1. The van der Waals surface area contributed by atoms with Crippen molar-refractivity contribution in [1.82, 2.24) is 10.6 Å². The Morgan fingerprint density at radius 2 is 1.80 bits per heavy atom. The molecule has 9 fully saturated rings. The summed E-state index contributed by atoms with van der Waals surface area (Å²) < 4.78 is 27.6. The van der Waals surface area contributed by atoms with Crippen LogP contribution in [0.25, 0.3) is 0 Å². The van der Waals surface area contributed by atoms with Crippen molar-refractivity contribution in [3.63, 3.8) is 0 Å². The Morgan fingerprint density at radius 1 is 0.939 bits per heavy atom. The molecule has 13 nitrogen and oxygen atoms in total. The van der Waals surface area contributed by atoms with Gasteiger partial charge in [-0.1, -0.05) is 56.6 Å². The summed E-state index contributed by atoms with van der Waals surface area (Å²) in [6.07, 6.45) is 28.5. The summed E-state index contributed by atoms with van der Waals surface area (Å²) in [5.41, 5.74) is 0.729. The maximum Gasteiger partial charge on any atom is 0.207 e. The van der Waals surface area contributed by atoms with Crippen molar-refractivity contribution in [2.45, 2.75) is 178 Å². The minimum Gasteiger partial charge on any atom is -0.504 e. The number of carbonyl (C=O) groups excluding carboxylic acids is 1. The number of nitrogens with zero attached hydrogens (tertiary/aromatic N) is 1. The van der Waals surface area contributed by atoms with Crippen LogP contribution >= 0.6 is 0 Å². The van der Waals surface area contributed by atoms with Gasteiger partial charge in [0, 0.05) is 74.3 Å². The molecule has 82 heavy (non-hydrogen) atoms. The number of phenols is 1. The van der Waals surface area contributed by atoms with E-state index in [0.717, 1.165) is 128 Å². The number of hydrogen-bond donors (Lipinski definition) is 7. The first kappa shape index (κ1) is 56.4. The van der Waals surface area contributed by atoms with E-state index >= 15 is 4.79 Å². The fourth-order valence-electron chi connectivity index (χ4n) is 21.4. The van der Waals surface area contributed by atoms with Gasteiger partial charge < -0.3 is 50.0 Å². The average Bonchev–Trinajstić information content (AvgIpc) is 3.86. The summed E-state index contributed by atoms with van der Waals surface area (Å²) in [6, 6.07) is 13.4. The number of benzene rings is 2. The van der Waals surface area contributed by atoms with E-state index in [1.54, 1.807) is 20.2 Å². The van der Waals surface area contributed by atoms with Gasteiger partial charge in [-0.3, -0.25) is 15.1 Å². The summed E-state index contributed by atoms with van der Waals surface area (Å²) in [5, 5.41) is 55.7. The van der Waals surface area contributed by atoms with E-state index in [9.17, 15) is 20.4 Å². The van der Waals surface area contributed by atoms with E-state index in [2.05, 4.69) is 65.1 Å². The predicted octanol–water partition coefficient (Wildman–Crippen LogP) is 10.4. The Kier molecular flexibility index (Phi) is 15.3. The van der Waals surface area contributed by atoms with Gasteiger partial charge in [-0.15, -0.1) is 0 Å². The van der Waals surface area contributed by atoms with Crippen LogP contribution in [0.1, 0.15) is 159 Å². The van der Waals surface area contributed by atoms with Crippen LogP contribution in [0.2, 0.25) is 0 Å². The molecule has 442 valence electrons. The molecule has 0 aromatic heterocycles. The molecule has 2 aromatic rings. The molecule has 11 aliphatic rings. The second-order valence-electron chi connectivity index (χ2n) is 28.2. The minimum atomic E-state index is -1.29. The van der Waals surface area contributed by atoms with Gasteiger partial charge in [0.1, 0.15) is 11.7 Å². The molecule has 8 saturated carbocycles. The van der Waals surface area contributed by atoms with Gasteiger partial charge in [0.2, 0.25) is 11.7 Å². The van der Waals surface area contributed by atoms with E-state index < -0.39 is 22.2 Å². The van der Waals surface area contributed by atoms with Gasteiger partial charge in [-0.05, 0) is 222 Å². The normalized spacial score (nSPS) is 43.1. The van der Waals surface area contributed by atoms with E-state index in [1.807, 2.05) is 25.3 Å². The number of aromatic hydroxyl groups is 1. The zero-order valence-electron chi connectivity index (χ0n) is 49.3. The van der Waals surface area contributed by atoms with Crippen molar-refractivity contribution >= 4 is 17.4 Å². The van der Waals surface area contributed by atoms with Crippen molar-refractivity contribution < 1.29 is 44.2 Å². The summed E-state index contributed by atoms with van der Waals surface area (Å²) in [4.78, 5) is 20.7. The van der Waals surface area contributed by atoms with Gasteiger partial charge in [0.25, 0.3) is 0 Å². The molecule has 3 heterocycles. The molecule has 0 amide bonds. The third kappa shape index (κ3) is 9.38. The van der Waals surface area contributed by atoms with Crippen molar-refractivity contribution in [1.29, 1.82) is 0 Å². The molecule has 13 rings (SSSR count). The number of hydrogen-bond acceptors (Lipinski definition) is 11. The number of aliphatic hydroxyl groups is 3. The Balaban J connectivity index is 0.973. The lowest BCUT2D eigenvalue weighted by Crippen LogP contribution is -2.60. The Morgan fingerprint density at radius 3 is 2.62 bits per heavy atom. The molecule has 7 N–H and O–H groups in total. The van der Waals surface area contributed by atoms with Crippen molar-refractivity contribution in [2.75, 3.05) is 46.3 Å². The molecule has 0 unspecified atom stereocenters. The Hall–Kier alpha value is -4.76. The monoisotopic (exact) mass is 1120 g/mol. The van der Waals surface area contributed by atoms with Gasteiger partial charge >= 0.3 is 0 Å². The molecule has 2 spiro atoms. The molecule has 3 aliphatic heterocycles. The molecule has 1 saturated heterocycles. The Labute approximate surface area is 487 Å². The van der Waals surface area contributed by atoms with Crippen molar-refractivity contribution in [2.24, 2.45) is 92.8 Å². The lowest BCUT2D eigenvalue weighted by molar-refractivity contribution is -0.338. The number of allylic oxidation sites excluding steroid dienone is 2. The molecule has 2 aromatic carbocycles. The first-order chi connectivity index (χ1) is 39.8. The zero-order valence-corrected chi connectivity index (χ0v) is 49.3. The molecule has 0 radical (unpaired) electrons. The summed E-state index contributed by atoms with van der Waals surface area (Å²) in [5.74, 6) is 11.2. The quantitative estimate of drug-likeness (QED) is 0.112. The average molecular weight is 1120 g/mol. The molecule has 13 heteroatoms. The van der Waals surface area contributed by atoms with Gasteiger partial charge in [-0.2, -0.15) is 0 Å². The molecule has 19 atom stereocenters. The summed E-state index contributed by atoms with van der Waals surface area (Å²) >= 11 is 0. The number of anilines is 1. The lowest BCUT2D eigenvalue weighted by atomic mass is 9.45. The molecular formula is C69H92N4O9. The first-order valence-corrected chi connectivity index (χ1v) is 32.2. The van der Waals surface area contributed by atoms with E-state index in [0.29, 0.717) is 84.3 Å². The zero-order chi connectivity index (χ0) is 56.6. The third-order valence-electron chi connectivity index (χ3n) is 24.6. The van der Waals surface area contributed by atoms with Crippen LogP contribution in [0.3, 0.4) is 0 Å². The van der Waals surface area contributed by atoms with Gasteiger partial charge in [-0.25, -0.2) is 0 Å². The van der Waals surface area contributed by atoms with E-state index in [1.165, 1.54) is 12.0 Å². The number of ketones is 1. The predicted molar refractivity (Wildman–Crippen MR) is 316 cm³/mol. The second-order valence-corrected chi connectivity index (χ2v) is 28.2. The Bertz CT molecular complexity index is 2940. The number of carbonyl (C=O) groups is 1. The number of ether oxygens (including phenoxy) is 4. The van der Waals surface area contributed by atoms with Crippen molar-refractivity contribution in [3.05, 3.63) is 53.6 Å². The van der Waals surface area contributed by atoms with Crippen LogP contribution in [0.4, 0.5) is 5.69 Å². The summed E-state index contributed by atoms with van der Waals surface area (Å²) in [7, 11) is 5.36. The lowest BCUT2D eigenvalue weighted by Gasteiger charge is -2.59. The van der Waals surface area contributed by atoms with Gasteiger partial charge in [0.15, 0.2) is 28.8 Å². The number of guanidine groups is 1. The molecule has 8 aliphatic carbocycles. The third-order valence-corrected chi connectivity index (χ3v) is 24.6. The number of phenolic OH excluding ortho intramolecular Hbond substituents is 1. The van der Waals surface area contributed by atoms with Crippen molar-refractivity contribution in [3.8, 4) is 47.0 Å². The number of nitrogens with one attached hydrogen (secondary N) is 3. The number of fused-ring (bicyclic) bond motifs is 12. The van der Waals surface area contributed by atoms with Crippen LogP contribution in [0.15, 0.2) is 47.5 Å². The fourth-order valence-corrected chi connectivity index (χ4v) is 21.4. The van der Waals surface area contributed by atoms with Crippen LogP contribution < -0.4 is 30.2 Å². The highest BCUT2D eigenvalue weighted by atomic mass is 16.6. The maximum atomic E-state index is 15.9. The van der Waals surface area contributed by atoms with E-state index in [-0.39, 0.29) is 83.6 Å². The second kappa shape index (κ2) is 22.3. The molecule has 6 bridgehead atoms. The van der Waals surface area contributed by atoms with E-state index in [4.69, 9.17) is 23.9 Å². The highest BCUT2D eigenvalue weighted by Crippen LogP contribution is 2.70. The largest absolute Gasteiger partial charge is 0.504 e. The molecular weight excluding hydrogens is 1030 g/mol. The fraction of sp³-hybridized carbons (Fsp3) is 0.710. The topological polar surface area (TPSA) is 183 Å². The number of rotatable bonds is 10. The number of likely N-dealkylation sites (N-methyl/N-ethyl adjacent to an activating group) is 1. The number of methoxy groups -OCH3 is 1. The maximum absolute atomic E-state index is 15.9. The van der Waals surface area contributed by atoms with Crippen LogP contribution in [-0.4, -0.2) is 90.6 Å². The first-order valence-electron chi connectivity index (χ1n) is 32.2. The smallest absolute Gasteiger partial charge is 0.207 e. The SMILES string of the molecule is CC[C@H]1CC[C@H]2[C@@H](C1)[C@H]1/C=C/C(=O)[C@@]3(Cc4ccc(O)c(OC)c4)CCC[C@H]3CC#CNC(=NC)Nc3cc(cc4c3OC#C[C@@H]3CC[C@H]5C[C@]6(C[C@](CNC)(C[C@@H]36)O4)C[C@@]3(O)O[C@@H]4[C@H](CC[C@@H]4CO)C[C@H]53)[C@]13CCC[C@@H]3[C@H]2CCCO. The highest BCUT2D eigenvalue weighted by molar-refractivity contribution is 5.97. The minimum absolute atomic E-state index is 0.00114. The van der Waals surface area contributed by atoms with Crippen LogP contribution in [-0.2, 0) is 21.4 Å².